The molecule has 3 heteroatoms. The third-order valence-corrected chi connectivity index (χ3v) is 9.47. The third-order valence-electron chi connectivity index (χ3n) is 5.79. The number of carboxylic acid groups (broad SMARTS) is 1. The normalized spacial score (nSPS) is 52.9. The molecule has 0 spiro atoms. The lowest BCUT2D eigenvalue weighted by molar-refractivity contribution is -0.140. The van der Waals surface area contributed by atoms with Gasteiger partial charge in [-0.2, -0.15) is 0 Å². The van der Waals surface area contributed by atoms with Crippen LogP contribution in [0.25, 0.3) is 0 Å². The van der Waals surface area contributed by atoms with Gasteiger partial charge in [0.05, 0.1) is 14.0 Å². The molecular formula is C13H20O2Si. The summed E-state index contributed by atoms with van der Waals surface area (Å²) in [6.07, 6.45) is 5.81. The van der Waals surface area contributed by atoms with Crippen LogP contribution in [-0.2, 0) is 4.79 Å². The number of fused-ring (bicyclic) bond motifs is 5. The van der Waals surface area contributed by atoms with E-state index < -0.39 is 14.0 Å². The first kappa shape index (κ1) is 10.6. The molecule has 0 unspecified atom stereocenters. The van der Waals surface area contributed by atoms with Crippen molar-refractivity contribution in [3.8, 4) is 0 Å². The van der Waals surface area contributed by atoms with Gasteiger partial charge in [0.1, 0.15) is 0 Å². The van der Waals surface area contributed by atoms with Crippen molar-refractivity contribution in [3.63, 3.8) is 0 Å². The molecule has 0 heterocycles. The van der Waals surface area contributed by atoms with Gasteiger partial charge in [0.2, 0.25) is 0 Å². The zero-order valence-electron chi connectivity index (χ0n) is 10.4. The number of aliphatic carboxylic acids is 1. The van der Waals surface area contributed by atoms with E-state index in [-0.39, 0.29) is 16.4 Å². The summed E-state index contributed by atoms with van der Waals surface area (Å²) in [5.41, 5.74) is 0.0721. The van der Waals surface area contributed by atoms with E-state index in [1.807, 2.05) is 0 Å². The van der Waals surface area contributed by atoms with Crippen molar-refractivity contribution in [1.29, 1.82) is 0 Å². The maximum absolute atomic E-state index is 11.5. The lowest BCUT2D eigenvalue weighted by atomic mass is 9.90. The molecule has 0 saturated heterocycles. The second-order valence-electron chi connectivity index (χ2n) is 7.01. The number of allylic oxidation sites excluding steroid dienone is 2. The Bertz CT molecular complexity index is 409. The van der Waals surface area contributed by atoms with E-state index in [1.165, 1.54) is 6.42 Å². The number of carbonyl (C=O) groups is 1. The van der Waals surface area contributed by atoms with Crippen LogP contribution in [0.15, 0.2) is 12.2 Å². The van der Waals surface area contributed by atoms with E-state index in [0.717, 1.165) is 0 Å². The monoisotopic (exact) mass is 236 g/mol. The van der Waals surface area contributed by atoms with E-state index in [4.69, 9.17) is 0 Å². The highest BCUT2D eigenvalue weighted by Crippen LogP contribution is 2.91. The Hall–Kier alpha value is -0.573. The zero-order valence-corrected chi connectivity index (χ0v) is 11.4. The summed E-state index contributed by atoms with van der Waals surface area (Å²) in [7, 11) is -1.46. The van der Waals surface area contributed by atoms with Crippen LogP contribution in [0.4, 0.5) is 0 Å². The van der Waals surface area contributed by atoms with Crippen LogP contribution in [0.3, 0.4) is 0 Å². The highest BCUT2D eigenvalue weighted by atomic mass is 28.3. The Balaban J connectivity index is 2.15. The first-order valence-corrected chi connectivity index (χ1v) is 9.69. The minimum atomic E-state index is -1.46. The predicted octanol–water partition coefficient (Wildman–Crippen LogP) is 2.99. The van der Waals surface area contributed by atoms with Crippen molar-refractivity contribution in [1.82, 2.24) is 0 Å². The molecule has 0 aliphatic heterocycles. The van der Waals surface area contributed by atoms with Crippen molar-refractivity contribution >= 4 is 14.0 Å². The minimum absolute atomic E-state index is 0.0721. The zero-order chi connectivity index (χ0) is 11.9. The molecule has 3 rings (SSSR count). The number of carboxylic acids is 1. The Morgan fingerprint density at radius 3 is 2.31 bits per heavy atom. The van der Waals surface area contributed by atoms with Gasteiger partial charge in [-0.1, -0.05) is 38.7 Å². The third kappa shape index (κ3) is 0.754. The van der Waals surface area contributed by atoms with Gasteiger partial charge >= 0.3 is 5.97 Å². The van der Waals surface area contributed by atoms with Crippen LogP contribution in [0.2, 0.25) is 24.7 Å². The molecular weight excluding hydrogens is 216 g/mol. The summed E-state index contributed by atoms with van der Waals surface area (Å²) in [4.78, 5) is 11.5. The quantitative estimate of drug-likeness (QED) is 0.591. The van der Waals surface area contributed by atoms with Crippen LogP contribution >= 0.6 is 0 Å². The summed E-state index contributed by atoms with van der Waals surface area (Å²) in [6, 6.07) is 0. The molecule has 2 saturated carbocycles. The maximum atomic E-state index is 11.5. The van der Waals surface area contributed by atoms with Crippen LogP contribution in [0.5, 0.6) is 0 Å². The number of rotatable bonds is 2. The fourth-order valence-electron chi connectivity index (χ4n) is 5.53. The molecule has 1 N–H and O–H groups in total. The summed E-state index contributed by atoms with van der Waals surface area (Å²) in [5, 5.41) is 9.65. The average Bonchev–Trinajstić information content (AvgIpc) is 2.47. The molecule has 2 fully saturated rings. The molecule has 5 atom stereocenters. The van der Waals surface area contributed by atoms with E-state index in [9.17, 15) is 9.90 Å². The van der Waals surface area contributed by atoms with Gasteiger partial charge in [0, 0.05) is 0 Å². The second kappa shape index (κ2) is 2.47. The molecule has 3 aliphatic rings. The molecule has 2 bridgehead atoms. The van der Waals surface area contributed by atoms with Gasteiger partial charge in [0.25, 0.3) is 0 Å². The largest absolute Gasteiger partial charge is 0.481 e. The Labute approximate surface area is 97.7 Å². The van der Waals surface area contributed by atoms with Gasteiger partial charge in [-0.3, -0.25) is 4.79 Å². The Morgan fingerprint density at radius 1 is 1.31 bits per heavy atom. The first-order chi connectivity index (χ1) is 7.28. The van der Waals surface area contributed by atoms with Crippen LogP contribution in [0, 0.1) is 23.2 Å². The average molecular weight is 236 g/mol. The van der Waals surface area contributed by atoms with Crippen molar-refractivity contribution in [2.45, 2.75) is 38.0 Å². The topological polar surface area (TPSA) is 37.3 Å². The second-order valence-corrected chi connectivity index (χ2v) is 12.3. The fourth-order valence-corrected chi connectivity index (χ4v) is 10.0. The van der Waals surface area contributed by atoms with Gasteiger partial charge < -0.3 is 5.11 Å². The van der Waals surface area contributed by atoms with Gasteiger partial charge in [-0.25, -0.2) is 0 Å². The minimum Gasteiger partial charge on any atom is -0.481 e. The molecule has 0 amide bonds. The Morgan fingerprint density at radius 2 is 1.88 bits per heavy atom. The van der Waals surface area contributed by atoms with Crippen LogP contribution < -0.4 is 0 Å². The number of hydrogen-bond donors (Lipinski definition) is 1. The van der Waals surface area contributed by atoms with E-state index in [0.29, 0.717) is 11.8 Å². The summed E-state index contributed by atoms with van der Waals surface area (Å²) in [6.45, 7) is 9.28. The van der Waals surface area contributed by atoms with Gasteiger partial charge in [0.15, 0.2) is 0 Å². The standard InChI is InChI=1S/C13H20O2Si/c1-12-8-5-6-9(7-8)13(12,16(2,3)4)10(12)11(14)15/h5-6,8-10H,7H2,1-4H3,(H,14,15)/t8-,9-,10-,12+,13+/m0/s1. The van der Waals surface area contributed by atoms with Crippen molar-refractivity contribution < 1.29 is 9.90 Å². The fraction of sp³-hybridized carbons (Fsp3) is 0.769. The molecule has 2 nitrogen and oxygen atoms in total. The molecule has 0 aromatic heterocycles. The van der Waals surface area contributed by atoms with Crippen molar-refractivity contribution in [2.75, 3.05) is 0 Å². The summed E-state index contributed by atoms with van der Waals surface area (Å²) < 4.78 is 0. The highest BCUT2D eigenvalue weighted by molar-refractivity contribution is 6.81. The van der Waals surface area contributed by atoms with Crippen LogP contribution in [0.1, 0.15) is 13.3 Å². The first-order valence-electron chi connectivity index (χ1n) is 6.19. The number of hydrogen-bond acceptors (Lipinski definition) is 1. The van der Waals surface area contributed by atoms with E-state index >= 15 is 0 Å². The molecule has 0 aromatic rings. The molecule has 0 radical (unpaired) electrons. The summed E-state index contributed by atoms with van der Waals surface area (Å²) >= 11 is 0. The van der Waals surface area contributed by atoms with Crippen molar-refractivity contribution in [2.24, 2.45) is 23.2 Å². The van der Waals surface area contributed by atoms with E-state index in [1.54, 1.807) is 0 Å². The molecule has 88 valence electrons. The molecule has 0 aromatic carbocycles. The maximum Gasteiger partial charge on any atom is 0.307 e. The van der Waals surface area contributed by atoms with Crippen molar-refractivity contribution in [3.05, 3.63) is 12.2 Å². The van der Waals surface area contributed by atoms with Gasteiger partial charge in [-0.15, -0.1) is 0 Å². The van der Waals surface area contributed by atoms with Gasteiger partial charge in [-0.05, 0) is 28.7 Å². The molecule has 16 heavy (non-hydrogen) atoms. The SMILES string of the molecule is C[C@]12[C@H]3C=C[C@@H](C3)[C@@]1([Si](C)(C)C)[C@H]2C(=O)O. The highest BCUT2D eigenvalue weighted by Gasteiger charge is 2.88. The van der Waals surface area contributed by atoms with Crippen LogP contribution in [-0.4, -0.2) is 19.1 Å². The lowest BCUT2D eigenvalue weighted by Crippen LogP contribution is -2.37. The summed E-state index contributed by atoms with van der Waals surface area (Å²) in [5.74, 6) is 0.453. The molecule has 3 aliphatic carbocycles. The smallest absolute Gasteiger partial charge is 0.307 e. The predicted molar refractivity (Wildman–Crippen MR) is 66.0 cm³/mol. The Kier molecular flexibility index (Phi) is 1.63. The van der Waals surface area contributed by atoms with E-state index in [2.05, 4.69) is 38.7 Å². The lowest BCUT2D eigenvalue weighted by Gasteiger charge is -2.35.